The molecule has 0 aliphatic rings. The summed E-state index contributed by atoms with van der Waals surface area (Å²) in [7, 11) is 0. The lowest BCUT2D eigenvalue weighted by Gasteiger charge is -2.08. The first kappa shape index (κ1) is 15.2. The highest BCUT2D eigenvalue weighted by molar-refractivity contribution is 5.84. The standard InChI is InChI=1S/C14H21N3O2/c1-11(15)9-13(18)17-10-14(19)16-8-7-12-5-3-2-4-6-12/h2-6,11H,7-10,15H2,1H3,(H,16,19)(H,17,18). The Balaban J connectivity index is 2.13. The van der Waals surface area contributed by atoms with Crippen LogP contribution in [0.25, 0.3) is 0 Å². The summed E-state index contributed by atoms with van der Waals surface area (Å²) in [6, 6.07) is 9.71. The Morgan fingerprint density at radius 1 is 1.16 bits per heavy atom. The number of hydrogen-bond donors (Lipinski definition) is 3. The molecule has 0 saturated carbocycles. The van der Waals surface area contributed by atoms with E-state index in [0.717, 1.165) is 6.42 Å². The lowest BCUT2D eigenvalue weighted by atomic mass is 10.1. The number of carbonyl (C=O) groups is 2. The van der Waals surface area contributed by atoms with Crippen molar-refractivity contribution < 1.29 is 9.59 Å². The SMILES string of the molecule is CC(N)CC(=O)NCC(=O)NCCc1ccccc1. The predicted molar refractivity (Wildman–Crippen MR) is 74.4 cm³/mol. The van der Waals surface area contributed by atoms with Gasteiger partial charge in [0.25, 0.3) is 0 Å². The third-order valence-corrected chi connectivity index (χ3v) is 2.53. The molecule has 1 unspecified atom stereocenters. The van der Waals surface area contributed by atoms with Crippen LogP contribution in [0.4, 0.5) is 0 Å². The lowest BCUT2D eigenvalue weighted by Crippen LogP contribution is -2.39. The van der Waals surface area contributed by atoms with Gasteiger partial charge in [-0.05, 0) is 18.9 Å². The third-order valence-electron chi connectivity index (χ3n) is 2.53. The maximum Gasteiger partial charge on any atom is 0.239 e. The normalized spacial score (nSPS) is 11.7. The molecule has 5 heteroatoms. The first-order valence-corrected chi connectivity index (χ1v) is 6.41. The first-order chi connectivity index (χ1) is 9.08. The number of benzene rings is 1. The Morgan fingerprint density at radius 3 is 2.47 bits per heavy atom. The van der Waals surface area contributed by atoms with Crippen molar-refractivity contribution in [2.75, 3.05) is 13.1 Å². The zero-order valence-corrected chi connectivity index (χ0v) is 11.2. The molecule has 0 bridgehead atoms. The van der Waals surface area contributed by atoms with Crippen molar-refractivity contribution in [3.05, 3.63) is 35.9 Å². The number of hydrogen-bond acceptors (Lipinski definition) is 3. The van der Waals surface area contributed by atoms with Crippen molar-refractivity contribution in [2.45, 2.75) is 25.8 Å². The van der Waals surface area contributed by atoms with Gasteiger partial charge in [-0.3, -0.25) is 9.59 Å². The molecule has 19 heavy (non-hydrogen) atoms. The second-order valence-electron chi connectivity index (χ2n) is 4.54. The highest BCUT2D eigenvalue weighted by atomic mass is 16.2. The maximum atomic E-state index is 11.5. The van der Waals surface area contributed by atoms with Gasteiger partial charge >= 0.3 is 0 Å². The molecule has 1 rings (SSSR count). The second kappa shape index (κ2) is 8.26. The molecule has 104 valence electrons. The quantitative estimate of drug-likeness (QED) is 0.657. The molecule has 0 radical (unpaired) electrons. The van der Waals surface area contributed by atoms with Crippen LogP contribution in [0.15, 0.2) is 30.3 Å². The average molecular weight is 263 g/mol. The van der Waals surface area contributed by atoms with Crippen LogP contribution in [0.3, 0.4) is 0 Å². The number of amides is 2. The van der Waals surface area contributed by atoms with E-state index in [0.29, 0.717) is 6.54 Å². The van der Waals surface area contributed by atoms with Crippen LogP contribution < -0.4 is 16.4 Å². The lowest BCUT2D eigenvalue weighted by molar-refractivity contribution is -0.126. The molecule has 0 aliphatic heterocycles. The molecular weight excluding hydrogens is 242 g/mol. The van der Waals surface area contributed by atoms with E-state index in [1.54, 1.807) is 6.92 Å². The van der Waals surface area contributed by atoms with Crippen LogP contribution in [-0.2, 0) is 16.0 Å². The van der Waals surface area contributed by atoms with Crippen LogP contribution in [0.5, 0.6) is 0 Å². The van der Waals surface area contributed by atoms with Crippen LogP contribution in [0.2, 0.25) is 0 Å². The van der Waals surface area contributed by atoms with Crippen molar-refractivity contribution in [1.29, 1.82) is 0 Å². The maximum absolute atomic E-state index is 11.5. The summed E-state index contributed by atoms with van der Waals surface area (Å²) < 4.78 is 0. The average Bonchev–Trinajstić information content (AvgIpc) is 2.37. The van der Waals surface area contributed by atoms with Gasteiger partial charge in [0, 0.05) is 19.0 Å². The minimum atomic E-state index is -0.201. The summed E-state index contributed by atoms with van der Waals surface area (Å²) in [5.41, 5.74) is 6.65. The molecule has 0 fully saturated rings. The molecule has 1 atom stereocenters. The van der Waals surface area contributed by atoms with Crippen molar-refractivity contribution in [3.63, 3.8) is 0 Å². The van der Waals surface area contributed by atoms with Gasteiger partial charge in [-0.1, -0.05) is 30.3 Å². The molecule has 2 amide bonds. The third kappa shape index (κ3) is 7.21. The van der Waals surface area contributed by atoms with E-state index in [9.17, 15) is 9.59 Å². The van der Waals surface area contributed by atoms with E-state index in [1.807, 2.05) is 30.3 Å². The molecular formula is C14H21N3O2. The van der Waals surface area contributed by atoms with E-state index >= 15 is 0 Å². The Bertz CT molecular complexity index is 404. The number of carbonyl (C=O) groups excluding carboxylic acids is 2. The molecule has 0 aliphatic carbocycles. The van der Waals surface area contributed by atoms with Crippen molar-refractivity contribution in [1.82, 2.24) is 10.6 Å². The smallest absolute Gasteiger partial charge is 0.239 e. The van der Waals surface area contributed by atoms with E-state index in [-0.39, 0.29) is 30.8 Å². The molecule has 1 aromatic rings. The van der Waals surface area contributed by atoms with Crippen LogP contribution in [0, 0.1) is 0 Å². The van der Waals surface area contributed by atoms with Crippen molar-refractivity contribution in [2.24, 2.45) is 5.73 Å². The van der Waals surface area contributed by atoms with Gasteiger partial charge in [0.05, 0.1) is 6.54 Å². The fraction of sp³-hybridized carbons (Fsp3) is 0.429. The molecule has 0 heterocycles. The highest BCUT2D eigenvalue weighted by Crippen LogP contribution is 1.97. The monoisotopic (exact) mass is 263 g/mol. The summed E-state index contributed by atoms with van der Waals surface area (Å²) in [5.74, 6) is -0.387. The summed E-state index contributed by atoms with van der Waals surface area (Å²) in [5, 5.41) is 5.29. The number of nitrogens with two attached hydrogens (primary N) is 1. The zero-order chi connectivity index (χ0) is 14.1. The molecule has 1 aromatic carbocycles. The summed E-state index contributed by atoms with van der Waals surface area (Å²) >= 11 is 0. The number of nitrogens with one attached hydrogen (secondary N) is 2. The predicted octanol–water partition coefficient (Wildman–Crippen LogP) is 0.199. The largest absolute Gasteiger partial charge is 0.354 e. The molecule has 5 nitrogen and oxygen atoms in total. The Hall–Kier alpha value is -1.88. The summed E-state index contributed by atoms with van der Waals surface area (Å²) in [6.07, 6.45) is 1.01. The highest BCUT2D eigenvalue weighted by Gasteiger charge is 2.07. The van der Waals surface area contributed by atoms with Gasteiger partial charge in [-0.15, -0.1) is 0 Å². The van der Waals surface area contributed by atoms with Gasteiger partial charge < -0.3 is 16.4 Å². The first-order valence-electron chi connectivity index (χ1n) is 6.41. The minimum Gasteiger partial charge on any atom is -0.354 e. The molecule has 0 saturated heterocycles. The van der Waals surface area contributed by atoms with Gasteiger partial charge in [0.2, 0.25) is 11.8 Å². The summed E-state index contributed by atoms with van der Waals surface area (Å²) in [6.45, 7) is 2.31. The van der Waals surface area contributed by atoms with Crippen molar-refractivity contribution in [3.8, 4) is 0 Å². The van der Waals surface area contributed by atoms with E-state index in [1.165, 1.54) is 5.56 Å². The van der Waals surface area contributed by atoms with Crippen LogP contribution in [0.1, 0.15) is 18.9 Å². The topological polar surface area (TPSA) is 84.2 Å². The van der Waals surface area contributed by atoms with Crippen LogP contribution >= 0.6 is 0 Å². The fourth-order valence-corrected chi connectivity index (χ4v) is 1.60. The van der Waals surface area contributed by atoms with Gasteiger partial charge in [0.15, 0.2) is 0 Å². The van der Waals surface area contributed by atoms with E-state index in [2.05, 4.69) is 10.6 Å². The van der Waals surface area contributed by atoms with Gasteiger partial charge in [-0.25, -0.2) is 0 Å². The van der Waals surface area contributed by atoms with E-state index < -0.39 is 0 Å². The molecule has 0 aromatic heterocycles. The van der Waals surface area contributed by atoms with Gasteiger partial charge in [0.1, 0.15) is 0 Å². The Kier molecular flexibility index (Phi) is 6.60. The minimum absolute atomic E-state index is 0.000340. The number of rotatable bonds is 7. The second-order valence-corrected chi connectivity index (χ2v) is 4.54. The fourth-order valence-electron chi connectivity index (χ4n) is 1.60. The summed E-state index contributed by atoms with van der Waals surface area (Å²) in [4.78, 5) is 22.7. The van der Waals surface area contributed by atoms with E-state index in [4.69, 9.17) is 5.73 Å². The Labute approximate surface area is 113 Å². The molecule has 4 N–H and O–H groups in total. The zero-order valence-electron chi connectivity index (χ0n) is 11.2. The molecule has 0 spiro atoms. The van der Waals surface area contributed by atoms with Gasteiger partial charge in [-0.2, -0.15) is 0 Å². The van der Waals surface area contributed by atoms with Crippen molar-refractivity contribution >= 4 is 11.8 Å². The van der Waals surface area contributed by atoms with Crippen LogP contribution in [-0.4, -0.2) is 30.9 Å². The Morgan fingerprint density at radius 2 is 1.84 bits per heavy atom.